The topological polar surface area (TPSA) is 119 Å². The molecule has 2 heterocycles. The van der Waals surface area contributed by atoms with Crippen LogP contribution in [0, 0.1) is 0 Å². The van der Waals surface area contributed by atoms with Gasteiger partial charge in [-0.3, -0.25) is 9.59 Å². The van der Waals surface area contributed by atoms with Gasteiger partial charge in [0.1, 0.15) is 17.7 Å². The van der Waals surface area contributed by atoms with E-state index in [4.69, 9.17) is 4.74 Å². The summed E-state index contributed by atoms with van der Waals surface area (Å²) in [7, 11) is 0. The summed E-state index contributed by atoms with van der Waals surface area (Å²) in [5.41, 5.74) is 0.387. The predicted molar refractivity (Wildman–Crippen MR) is 113 cm³/mol. The average molecular weight is 420 g/mol. The molecule has 2 aliphatic rings. The maximum absolute atomic E-state index is 13.1. The van der Waals surface area contributed by atoms with Crippen LogP contribution >= 0.6 is 0 Å². The number of benzene rings is 1. The molecule has 4 atom stereocenters. The van der Waals surface area contributed by atoms with Crippen molar-refractivity contribution in [3.8, 4) is 0 Å². The third-order valence-corrected chi connectivity index (χ3v) is 5.50. The van der Waals surface area contributed by atoms with Crippen molar-refractivity contribution in [1.82, 2.24) is 15.5 Å². The van der Waals surface area contributed by atoms with Crippen molar-refractivity contribution in [2.24, 2.45) is 0 Å². The average Bonchev–Trinajstić information content (AvgIpc) is 3.08. The summed E-state index contributed by atoms with van der Waals surface area (Å²) in [5.74, 6) is -0.341. The molecule has 4 N–H and O–H groups in total. The van der Waals surface area contributed by atoms with Crippen LogP contribution in [0.2, 0.25) is 0 Å². The van der Waals surface area contributed by atoms with Crippen LogP contribution in [0.15, 0.2) is 30.3 Å². The lowest BCUT2D eigenvalue weighted by Gasteiger charge is -2.38. The van der Waals surface area contributed by atoms with Gasteiger partial charge in [-0.25, -0.2) is 4.79 Å². The number of nitrogens with zero attached hydrogens (tertiary/aromatic N) is 1. The van der Waals surface area contributed by atoms with E-state index in [0.717, 1.165) is 18.4 Å². The number of rotatable bonds is 4. The summed E-state index contributed by atoms with van der Waals surface area (Å²) < 4.78 is 5.28. The van der Waals surface area contributed by atoms with Gasteiger partial charge in [0.05, 0.1) is 6.04 Å². The van der Waals surface area contributed by atoms with Gasteiger partial charge in [0.25, 0.3) is 0 Å². The Bertz CT molecular complexity index is 762. The minimum absolute atomic E-state index is 0. The number of hydrogen-bond donors (Lipinski definition) is 2. The highest BCUT2D eigenvalue weighted by atomic mass is 16.6. The van der Waals surface area contributed by atoms with Crippen LogP contribution in [0.3, 0.4) is 0 Å². The molecule has 3 rings (SSSR count). The Kier molecular flexibility index (Phi) is 7.47. The van der Waals surface area contributed by atoms with Gasteiger partial charge in [-0.2, -0.15) is 0 Å². The minimum Gasteiger partial charge on any atom is -0.444 e. The first-order valence-corrected chi connectivity index (χ1v) is 10.3. The van der Waals surface area contributed by atoms with Crippen molar-refractivity contribution in [3.63, 3.8) is 0 Å². The molecule has 0 aromatic heterocycles. The van der Waals surface area contributed by atoms with Crippen LogP contribution in [0.4, 0.5) is 4.79 Å². The van der Waals surface area contributed by atoms with E-state index in [1.165, 1.54) is 0 Å². The Morgan fingerprint density at radius 2 is 1.73 bits per heavy atom. The Balaban J connectivity index is 0.00000320. The van der Waals surface area contributed by atoms with Crippen molar-refractivity contribution in [1.29, 1.82) is 0 Å². The van der Waals surface area contributed by atoms with Crippen LogP contribution in [-0.4, -0.2) is 52.0 Å². The number of carbonyl (C=O) groups is 3. The molecule has 0 bridgehead atoms. The molecule has 8 heteroatoms. The molecule has 2 saturated heterocycles. The summed E-state index contributed by atoms with van der Waals surface area (Å²) in [5, 5.41) is 5.71. The van der Waals surface area contributed by atoms with E-state index in [-0.39, 0.29) is 29.4 Å². The van der Waals surface area contributed by atoms with Crippen LogP contribution in [-0.2, 0) is 14.3 Å². The molecular formula is C22H33N3O5. The smallest absolute Gasteiger partial charge is 0.408 e. The zero-order valence-corrected chi connectivity index (χ0v) is 18.1. The standard InChI is InChI=1S/C22H31N3O4.H2O/c1-14(15-8-6-5-7-9-15)23-19(26)18-13-11-16-10-12-17(20(27)25(16)18)24-21(28)29-22(2,3)4;/h5-9,14,16-18H,10-13H2,1-4H3,(H,23,26)(H,24,28);1H2/t14-,16+,17-,18+;/m1./s1. The number of hydrogen-bond acceptors (Lipinski definition) is 4. The zero-order chi connectivity index (χ0) is 21.2. The molecule has 1 aromatic carbocycles. The predicted octanol–water partition coefficient (Wildman–Crippen LogP) is 2.09. The molecule has 0 radical (unpaired) electrons. The second-order valence-corrected chi connectivity index (χ2v) is 8.91. The van der Waals surface area contributed by atoms with Gasteiger partial charge in [0.15, 0.2) is 0 Å². The number of carbonyl (C=O) groups excluding carboxylic acids is 3. The first-order chi connectivity index (χ1) is 13.7. The van der Waals surface area contributed by atoms with Gasteiger partial charge in [0, 0.05) is 6.04 Å². The first-order valence-electron chi connectivity index (χ1n) is 10.3. The van der Waals surface area contributed by atoms with E-state index in [9.17, 15) is 14.4 Å². The summed E-state index contributed by atoms with van der Waals surface area (Å²) >= 11 is 0. The summed E-state index contributed by atoms with van der Waals surface area (Å²) in [4.78, 5) is 39.8. The third-order valence-electron chi connectivity index (χ3n) is 5.50. The fourth-order valence-corrected chi connectivity index (χ4v) is 4.14. The Hall–Kier alpha value is -2.61. The van der Waals surface area contributed by atoms with Gasteiger partial charge in [-0.1, -0.05) is 30.3 Å². The highest BCUT2D eigenvalue weighted by molar-refractivity contribution is 5.92. The molecule has 3 amide bonds. The van der Waals surface area contributed by atoms with Crippen molar-refractivity contribution in [2.45, 2.75) is 83.1 Å². The van der Waals surface area contributed by atoms with Crippen molar-refractivity contribution in [3.05, 3.63) is 35.9 Å². The van der Waals surface area contributed by atoms with Crippen molar-refractivity contribution in [2.75, 3.05) is 0 Å². The van der Waals surface area contributed by atoms with Crippen LogP contribution in [0.25, 0.3) is 0 Å². The van der Waals surface area contributed by atoms with Crippen LogP contribution in [0.5, 0.6) is 0 Å². The van der Waals surface area contributed by atoms with Crippen LogP contribution < -0.4 is 10.6 Å². The molecule has 166 valence electrons. The van der Waals surface area contributed by atoms with Gasteiger partial charge >= 0.3 is 6.09 Å². The normalized spacial score (nSPS) is 24.3. The van der Waals surface area contributed by atoms with Crippen molar-refractivity contribution >= 4 is 17.9 Å². The maximum atomic E-state index is 13.1. The molecule has 2 fully saturated rings. The molecule has 0 unspecified atom stereocenters. The number of piperidine rings is 1. The van der Waals surface area contributed by atoms with Crippen molar-refractivity contribution < 1.29 is 24.6 Å². The van der Waals surface area contributed by atoms with Gasteiger partial charge in [0.2, 0.25) is 11.8 Å². The fourth-order valence-electron chi connectivity index (χ4n) is 4.14. The maximum Gasteiger partial charge on any atom is 0.408 e. The molecular weight excluding hydrogens is 386 g/mol. The number of amides is 3. The van der Waals surface area contributed by atoms with E-state index >= 15 is 0 Å². The third kappa shape index (κ3) is 5.50. The SMILES string of the molecule is C[C@@H](NC(=O)[C@@H]1CC[C@@H]2CC[C@@H](NC(=O)OC(C)(C)C)C(=O)N21)c1ccccc1.O. The van der Waals surface area contributed by atoms with E-state index < -0.39 is 23.8 Å². The summed E-state index contributed by atoms with van der Waals surface area (Å²) in [6.07, 6.45) is 2.18. The largest absolute Gasteiger partial charge is 0.444 e. The highest BCUT2D eigenvalue weighted by Gasteiger charge is 2.46. The molecule has 2 aliphatic heterocycles. The van der Waals surface area contributed by atoms with Gasteiger partial charge in [-0.15, -0.1) is 0 Å². The lowest BCUT2D eigenvalue weighted by molar-refractivity contribution is -0.144. The van der Waals surface area contributed by atoms with Gasteiger partial charge < -0.3 is 25.7 Å². The number of ether oxygens (including phenoxy) is 1. The second-order valence-electron chi connectivity index (χ2n) is 8.91. The summed E-state index contributed by atoms with van der Waals surface area (Å²) in [6.45, 7) is 7.27. The van der Waals surface area contributed by atoms with E-state index in [0.29, 0.717) is 12.8 Å². The quantitative estimate of drug-likeness (QED) is 0.776. The minimum atomic E-state index is -0.652. The summed E-state index contributed by atoms with van der Waals surface area (Å²) in [6, 6.07) is 8.51. The number of fused-ring (bicyclic) bond motifs is 1. The molecule has 8 nitrogen and oxygen atoms in total. The number of nitrogens with one attached hydrogen (secondary N) is 2. The second kappa shape index (κ2) is 9.47. The first kappa shape index (κ1) is 23.7. The highest BCUT2D eigenvalue weighted by Crippen LogP contribution is 2.33. The van der Waals surface area contributed by atoms with Crippen LogP contribution in [0.1, 0.15) is 65.0 Å². The zero-order valence-electron chi connectivity index (χ0n) is 18.1. The fraction of sp³-hybridized carbons (Fsp3) is 0.591. The monoisotopic (exact) mass is 419 g/mol. The van der Waals surface area contributed by atoms with Gasteiger partial charge in [-0.05, 0) is 58.9 Å². The molecule has 0 aliphatic carbocycles. The van der Waals surface area contributed by atoms with E-state index in [2.05, 4.69) is 10.6 Å². The Labute approximate surface area is 177 Å². The molecule has 1 aromatic rings. The molecule has 0 spiro atoms. The lowest BCUT2D eigenvalue weighted by Crippen LogP contribution is -2.59. The molecule has 30 heavy (non-hydrogen) atoms. The lowest BCUT2D eigenvalue weighted by atomic mass is 9.98. The Morgan fingerprint density at radius 3 is 2.37 bits per heavy atom. The molecule has 0 saturated carbocycles. The van der Waals surface area contributed by atoms with E-state index in [1.807, 2.05) is 37.3 Å². The number of alkyl carbamates (subject to hydrolysis) is 1. The van der Waals surface area contributed by atoms with E-state index in [1.54, 1.807) is 25.7 Å². The Morgan fingerprint density at radius 1 is 1.10 bits per heavy atom.